The monoisotopic (exact) mass is 511 g/mol. The van der Waals surface area contributed by atoms with Gasteiger partial charge in [0, 0.05) is 16.3 Å². The molecular weight excluding hydrogens is 489 g/mol. The molecule has 0 spiro atoms. The first-order chi connectivity index (χ1) is 17.2. The molecule has 0 saturated carbocycles. The van der Waals surface area contributed by atoms with Crippen molar-refractivity contribution in [1.29, 1.82) is 0 Å². The fourth-order valence-corrected chi connectivity index (χ4v) is 3.74. The minimum Gasteiger partial charge on any atom is -0.493 e. The van der Waals surface area contributed by atoms with E-state index in [9.17, 15) is 14.0 Å². The number of aryl methyl sites for hydroxylation is 1. The maximum absolute atomic E-state index is 13.5. The summed E-state index contributed by atoms with van der Waals surface area (Å²) in [6.45, 7) is 3.28. The van der Waals surface area contributed by atoms with Crippen molar-refractivity contribution < 1.29 is 27.8 Å². The number of amides is 1. The molecular formula is C27H23ClFNO6. The van der Waals surface area contributed by atoms with Gasteiger partial charge in [-0.1, -0.05) is 11.6 Å². The highest BCUT2D eigenvalue weighted by molar-refractivity contribution is 6.32. The van der Waals surface area contributed by atoms with Gasteiger partial charge in [-0.3, -0.25) is 9.59 Å². The zero-order chi connectivity index (χ0) is 26.0. The molecule has 0 radical (unpaired) electrons. The molecule has 4 aromatic rings. The third-order valence-electron chi connectivity index (χ3n) is 5.55. The van der Waals surface area contributed by atoms with Crippen molar-refractivity contribution in [2.24, 2.45) is 0 Å². The number of carbonyl (C=O) groups excluding carboxylic acids is 1. The molecule has 1 heterocycles. The lowest BCUT2D eigenvalue weighted by atomic mass is 10.1. The molecule has 1 N–H and O–H groups in total. The van der Waals surface area contributed by atoms with Crippen LogP contribution in [0.15, 0.2) is 63.8 Å². The van der Waals surface area contributed by atoms with E-state index in [1.807, 2.05) is 0 Å². The van der Waals surface area contributed by atoms with Crippen LogP contribution in [0.25, 0.3) is 22.3 Å². The Kier molecular flexibility index (Phi) is 7.17. The van der Waals surface area contributed by atoms with E-state index in [1.54, 1.807) is 31.2 Å². The number of nitrogens with one attached hydrogen (secondary N) is 1. The van der Waals surface area contributed by atoms with E-state index in [0.717, 1.165) is 5.56 Å². The van der Waals surface area contributed by atoms with Crippen molar-refractivity contribution in [2.75, 3.05) is 19.5 Å². The molecule has 36 heavy (non-hydrogen) atoms. The van der Waals surface area contributed by atoms with Crippen LogP contribution in [0.1, 0.15) is 12.5 Å². The lowest BCUT2D eigenvalue weighted by Gasteiger charge is -2.18. The molecule has 1 amide bonds. The molecule has 0 bridgehead atoms. The van der Waals surface area contributed by atoms with Crippen molar-refractivity contribution in [3.05, 3.63) is 81.2 Å². The van der Waals surface area contributed by atoms with Gasteiger partial charge in [0.05, 0.1) is 19.6 Å². The van der Waals surface area contributed by atoms with Crippen LogP contribution in [0.4, 0.5) is 10.1 Å². The van der Waals surface area contributed by atoms with E-state index >= 15 is 0 Å². The van der Waals surface area contributed by atoms with E-state index in [2.05, 4.69) is 5.32 Å². The second-order valence-corrected chi connectivity index (χ2v) is 8.42. The summed E-state index contributed by atoms with van der Waals surface area (Å²) in [5.41, 5.74) is 1.39. The molecule has 1 unspecified atom stereocenters. The van der Waals surface area contributed by atoms with E-state index < -0.39 is 23.3 Å². The number of benzene rings is 3. The molecule has 3 aromatic carbocycles. The zero-order valence-electron chi connectivity index (χ0n) is 20.0. The van der Waals surface area contributed by atoms with Crippen LogP contribution in [-0.2, 0) is 4.79 Å². The average molecular weight is 512 g/mol. The number of anilines is 1. The third kappa shape index (κ3) is 4.99. The van der Waals surface area contributed by atoms with Gasteiger partial charge in [0.15, 0.2) is 23.4 Å². The van der Waals surface area contributed by atoms with Crippen LogP contribution in [0.5, 0.6) is 17.2 Å². The topological polar surface area (TPSA) is 87.0 Å². The Bertz CT molecular complexity index is 1500. The third-order valence-corrected chi connectivity index (χ3v) is 5.96. The molecule has 0 aliphatic carbocycles. The number of fused-ring (bicyclic) bond motifs is 1. The van der Waals surface area contributed by atoms with Gasteiger partial charge in [0.2, 0.25) is 11.2 Å². The Balaban J connectivity index is 1.80. The largest absolute Gasteiger partial charge is 0.493 e. The molecule has 0 fully saturated rings. The first kappa shape index (κ1) is 25.1. The van der Waals surface area contributed by atoms with Crippen LogP contribution >= 0.6 is 11.6 Å². The van der Waals surface area contributed by atoms with Gasteiger partial charge in [0.1, 0.15) is 11.4 Å². The van der Waals surface area contributed by atoms with Crippen LogP contribution in [-0.4, -0.2) is 26.2 Å². The number of methoxy groups -OCH3 is 2. The first-order valence-corrected chi connectivity index (χ1v) is 11.3. The highest BCUT2D eigenvalue weighted by Crippen LogP contribution is 2.37. The van der Waals surface area contributed by atoms with Crippen molar-refractivity contribution in [2.45, 2.75) is 20.0 Å². The fraction of sp³-hybridized carbons (Fsp3) is 0.185. The van der Waals surface area contributed by atoms with E-state index in [-0.39, 0.29) is 16.9 Å². The Morgan fingerprint density at radius 3 is 2.39 bits per heavy atom. The van der Waals surface area contributed by atoms with Gasteiger partial charge in [-0.25, -0.2) is 4.39 Å². The SMILES string of the molecule is COc1ccc(-c2oc3cc(C)c(Cl)cc3c(=O)c2OC(C)C(=O)Nc2ccc(F)cc2)cc1OC. The maximum Gasteiger partial charge on any atom is 0.265 e. The van der Waals surface area contributed by atoms with Crippen molar-refractivity contribution >= 4 is 34.2 Å². The summed E-state index contributed by atoms with van der Waals surface area (Å²) in [6.07, 6.45) is -1.10. The number of hydrogen-bond donors (Lipinski definition) is 1. The van der Waals surface area contributed by atoms with Crippen LogP contribution in [0.3, 0.4) is 0 Å². The highest BCUT2D eigenvalue weighted by Gasteiger charge is 2.24. The lowest BCUT2D eigenvalue weighted by molar-refractivity contribution is -0.122. The minimum atomic E-state index is -1.10. The molecule has 186 valence electrons. The predicted molar refractivity (Wildman–Crippen MR) is 136 cm³/mol. The standard InChI is InChI=1S/C27H23ClFNO6/c1-14-11-22-19(13-20(14)28)24(31)26(25(36-22)16-5-10-21(33-3)23(12-16)34-4)35-15(2)27(32)30-18-8-6-17(29)7-9-18/h5-13,15H,1-4H3,(H,30,32). The average Bonchev–Trinajstić information content (AvgIpc) is 2.87. The summed E-state index contributed by atoms with van der Waals surface area (Å²) in [5.74, 6) is -0.131. The van der Waals surface area contributed by atoms with Gasteiger partial charge in [-0.15, -0.1) is 0 Å². The van der Waals surface area contributed by atoms with Gasteiger partial charge < -0.3 is 23.9 Å². The number of halogens is 2. The predicted octanol–water partition coefficient (Wildman–Crippen LogP) is 5.98. The Labute approximate surface area is 211 Å². The number of hydrogen-bond acceptors (Lipinski definition) is 6. The molecule has 9 heteroatoms. The van der Waals surface area contributed by atoms with Crippen molar-refractivity contribution in [3.8, 4) is 28.6 Å². The normalized spacial score (nSPS) is 11.7. The van der Waals surface area contributed by atoms with Gasteiger partial charge in [-0.2, -0.15) is 0 Å². The van der Waals surface area contributed by atoms with Gasteiger partial charge >= 0.3 is 0 Å². The van der Waals surface area contributed by atoms with Crippen molar-refractivity contribution in [3.63, 3.8) is 0 Å². The molecule has 0 aliphatic rings. The molecule has 1 aromatic heterocycles. The molecule has 4 rings (SSSR count). The molecule has 0 aliphatic heterocycles. The second-order valence-electron chi connectivity index (χ2n) is 8.01. The minimum absolute atomic E-state index is 0.108. The Morgan fingerprint density at radius 1 is 1.03 bits per heavy atom. The molecule has 1 atom stereocenters. The van der Waals surface area contributed by atoms with Crippen LogP contribution in [0, 0.1) is 12.7 Å². The molecule has 7 nitrogen and oxygen atoms in total. The Morgan fingerprint density at radius 2 is 1.72 bits per heavy atom. The Hall–Kier alpha value is -4.04. The smallest absolute Gasteiger partial charge is 0.265 e. The number of ether oxygens (including phenoxy) is 3. The van der Waals surface area contributed by atoms with Crippen molar-refractivity contribution in [1.82, 2.24) is 0 Å². The van der Waals surface area contributed by atoms with Gasteiger partial charge in [0.25, 0.3) is 5.91 Å². The van der Waals surface area contributed by atoms with Crippen LogP contribution < -0.4 is 25.0 Å². The fourth-order valence-electron chi connectivity index (χ4n) is 3.58. The maximum atomic E-state index is 13.5. The zero-order valence-corrected chi connectivity index (χ0v) is 20.7. The van der Waals surface area contributed by atoms with E-state index in [0.29, 0.717) is 33.4 Å². The van der Waals surface area contributed by atoms with Crippen LogP contribution in [0.2, 0.25) is 5.02 Å². The van der Waals surface area contributed by atoms with E-state index in [1.165, 1.54) is 51.5 Å². The van der Waals surface area contributed by atoms with Gasteiger partial charge in [-0.05, 0) is 74.0 Å². The summed E-state index contributed by atoms with van der Waals surface area (Å²) in [7, 11) is 3.00. The summed E-state index contributed by atoms with van der Waals surface area (Å²) in [5, 5.41) is 3.23. The summed E-state index contributed by atoms with van der Waals surface area (Å²) < 4.78 is 35.9. The quantitative estimate of drug-likeness (QED) is 0.328. The highest BCUT2D eigenvalue weighted by atomic mass is 35.5. The molecule has 0 saturated heterocycles. The number of carbonyl (C=O) groups is 1. The second kappa shape index (κ2) is 10.3. The van der Waals surface area contributed by atoms with E-state index in [4.69, 9.17) is 30.2 Å². The summed E-state index contributed by atoms with van der Waals surface area (Å²) >= 11 is 6.26. The summed E-state index contributed by atoms with van der Waals surface area (Å²) in [6, 6.07) is 13.4. The first-order valence-electron chi connectivity index (χ1n) is 10.9. The lowest BCUT2D eigenvalue weighted by Crippen LogP contribution is -2.31. The summed E-state index contributed by atoms with van der Waals surface area (Å²) in [4.78, 5) is 26.3. The number of rotatable bonds is 7.